The first-order valence-corrected chi connectivity index (χ1v) is 10.7. The molecule has 2 aromatic carbocycles. The number of amides is 2. The van der Waals surface area contributed by atoms with Crippen molar-refractivity contribution >= 4 is 35.2 Å². The molecule has 148 valence electrons. The molecule has 1 N–H and O–H groups in total. The third-order valence-electron chi connectivity index (χ3n) is 4.55. The summed E-state index contributed by atoms with van der Waals surface area (Å²) in [6.07, 6.45) is 0. The Hall–Kier alpha value is -1.98. The standard InChI is InChI=1S/C22H25ClN2O2S/c1-14-8-5-6-11-17(14)20(27)25-18(19(26)24-22(2,3)4)13-28-21(25)15-9-7-10-16(23)12-15/h5-12,18,21H,13H2,1-4H3,(H,24,26)/t18-,21+/m0/s1. The van der Waals surface area contributed by atoms with Gasteiger partial charge in [0.05, 0.1) is 0 Å². The lowest BCUT2D eigenvalue weighted by Gasteiger charge is -2.31. The minimum absolute atomic E-state index is 0.133. The van der Waals surface area contributed by atoms with Gasteiger partial charge in [0, 0.05) is 21.9 Å². The molecule has 2 amide bonds. The van der Waals surface area contributed by atoms with Crippen LogP contribution in [0.4, 0.5) is 0 Å². The fourth-order valence-electron chi connectivity index (χ4n) is 3.28. The Labute approximate surface area is 175 Å². The van der Waals surface area contributed by atoms with Crippen molar-refractivity contribution in [3.63, 3.8) is 0 Å². The van der Waals surface area contributed by atoms with Gasteiger partial charge in [0.2, 0.25) is 5.91 Å². The number of carbonyl (C=O) groups is 2. The number of thioether (sulfide) groups is 1. The molecule has 0 aliphatic carbocycles. The van der Waals surface area contributed by atoms with E-state index in [1.165, 1.54) is 0 Å². The number of carbonyl (C=O) groups excluding carboxylic acids is 2. The van der Waals surface area contributed by atoms with Crippen LogP contribution >= 0.6 is 23.4 Å². The molecule has 0 aromatic heterocycles. The Morgan fingerprint density at radius 2 is 1.86 bits per heavy atom. The Kier molecular flexibility index (Phi) is 6.06. The Morgan fingerprint density at radius 1 is 1.14 bits per heavy atom. The summed E-state index contributed by atoms with van der Waals surface area (Å²) in [7, 11) is 0. The summed E-state index contributed by atoms with van der Waals surface area (Å²) >= 11 is 7.78. The van der Waals surface area contributed by atoms with Gasteiger partial charge in [-0.3, -0.25) is 9.59 Å². The van der Waals surface area contributed by atoms with Gasteiger partial charge in [-0.15, -0.1) is 11.8 Å². The highest BCUT2D eigenvalue weighted by Gasteiger charge is 2.43. The minimum Gasteiger partial charge on any atom is -0.350 e. The zero-order valence-electron chi connectivity index (χ0n) is 16.5. The zero-order valence-corrected chi connectivity index (χ0v) is 18.1. The topological polar surface area (TPSA) is 49.4 Å². The molecule has 4 nitrogen and oxygen atoms in total. The number of hydrogen-bond donors (Lipinski definition) is 1. The molecule has 1 fully saturated rings. The maximum atomic E-state index is 13.5. The predicted octanol–water partition coefficient (Wildman–Crippen LogP) is 4.82. The molecule has 1 aliphatic rings. The maximum absolute atomic E-state index is 13.5. The normalized spacial score (nSPS) is 19.5. The van der Waals surface area contributed by atoms with Crippen LogP contribution in [0.1, 0.15) is 47.6 Å². The average molecular weight is 417 g/mol. The molecular weight excluding hydrogens is 392 g/mol. The van der Waals surface area contributed by atoms with Gasteiger partial charge < -0.3 is 10.2 Å². The summed E-state index contributed by atoms with van der Waals surface area (Å²) in [4.78, 5) is 28.2. The highest BCUT2D eigenvalue weighted by molar-refractivity contribution is 7.99. The van der Waals surface area contributed by atoms with Crippen LogP contribution in [0.5, 0.6) is 0 Å². The Balaban J connectivity index is 2.00. The van der Waals surface area contributed by atoms with E-state index in [1.807, 2.05) is 76.2 Å². The lowest BCUT2D eigenvalue weighted by Crippen LogP contribution is -2.52. The van der Waals surface area contributed by atoms with Crippen LogP contribution in [0.25, 0.3) is 0 Å². The summed E-state index contributed by atoms with van der Waals surface area (Å²) in [5.41, 5.74) is 2.06. The first-order chi connectivity index (χ1) is 13.2. The van der Waals surface area contributed by atoms with Crippen LogP contribution in [-0.2, 0) is 4.79 Å². The summed E-state index contributed by atoms with van der Waals surface area (Å²) in [5.74, 6) is 0.269. The van der Waals surface area contributed by atoms with E-state index in [0.717, 1.165) is 11.1 Å². The second-order valence-electron chi connectivity index (χ2n) is 8.02. The average Bonchev–Trinajstić information content (AvgIpc) is 3.05. The number of halogens is 1. The van der Waals surface area contributed by atoms with Crippen molar-refractivity contribution < 1.29 is 9.59 Å². The van der Waals surface area contributed by atoms with Gasteiger partial charge >= 0.3 is 0 Å². The fourth-order valence-corrected chi connectivity index (χ4v) is 4.90. The lowest BCUT2D eigenvalue weighted by molar-refractivity contribution is -0.126. The molecule has 3 rings (SSSR count). The number of nitrogens with zero attached hydrogens (tertiary/aromatic N) is 1. The molecule has 2 aromatic rings. The van der Waals surface area contributed by atoms with Gasteiger partial charge in [0.25, 0.3) is 5.91 Å². The number of rotatable bonds is 3. The first-order valence-electron chi connectivity index (χ1n) is 9.25. The van der Waals surface area contributed by atoms with Crippen molar-refractivity contribution in [3.05, 3.63) is 70.2 Å². The molecule has 0 spiro atoms. The van der Waals surface area contributed by atoms with Crippen molar-refractivity contribution in [2.45, 2.75) is 44.6 Å². The SMILES string of the molecule is Cc1ccccc1C(=O)N1[C@@H](c2cccc(Cl)c2)SC[C@H]1C(=O)NC(C)(C)C. The summed E-state index contributed by atoms with van der Waals surface area (Å²) < 4.78 is 0. The number of nitrogens with one attached hydrogen (secondary N) is 1. The van der Waals surface area contributed by atoms with Crippen molar-refractivity contribution in [3.8, 4) is 0 Å². The van der Waals surface area contributed by atoms with Gasteiger partial charge in [0.15, 0.2) is 0 Å². The van der Waals surface area contributed by atoms with Gasteiger partial charge in [0.1, 0.15) is 11.4 Å². The summed E-state index contributed by atoms with van der Waals surface area (Å²) in [5, 5.41) is 3.38. The van der Waals surface area contributed by atoms with E-state index >= 15 is 0 Å². The maximum Gasteiger partial charge on any atom is 0.256 e. The van der Waals surface area contributed by atoms with Crippen LogP contribution < -0.4 is 5.32 Å². The third kappa shape index (κ3) is 4.53. The highest BCUT2D eigenvalue weighted by Crippen LogP contribution is 2.43. The molecule has 1 aliphatic heterocycles. The molecular formula is C22H25ClN2O2S. The quantitative estimate of drug-likeness (QED) is 0.780. The van der Waals surface area contributed by atoms with Crippen molar-refractivity contribution in [1.29, 1.82) is 0 Å². The number of aryl methyl sites for hydroxylation is 1. The Bertz CT molecular complexity index is 894. The predicted molar refractivity (Wildman–Crippen MR) is 116 cm³/mol. The van der Waals surface area contributed by atoms with Crippen LogP contribution in [0.3, 0.4) is 0 Å². The van der Waals surface area contributed by atoms with Crippen LogP contribution in [0.15, 0.2) is 48.5 Å². The molecule has 0 saturated carbocycles. The van der Waals surface area contributed by atoms with Gasteiger partial charge in [-0.25, -0.2) is 0 Å². The van der Waals surface area contributed by atoms with Gasteiger partial charge in [-0.2, -0.15) is 0 Å². The molecule has 6 heteroatoms. The van der Waals surface area contributed by atoms with Crippen LogP contribution in [-0.4, -0.2) is 34.0 Å². The molecule has 1 heterocycles. The van der Waals surface area contributed by atoms with E-state index in [9.17, 15) is 9.59 Å². The van der Waals surface area contributed by atoms with Gasteiger partial charge in [-0.1, -0.05) is 41.9 Å². The van der Waals surface area contributed by atoms with Gasteiger partial charge in [-0.05, 0) is 57.0 Å². The summed E-state index contributed by atoms with van der Waals surface area (Å²) in [6, 6.07) is 14.4. The molecule has 28 heavy (non-hydrogen) atoms. The minimum atomic E-state index is -0.541. The van der Waals surface area contributed by atoms with E-state index in [0.29, 0.717) is 16.3 Å². The van der Waals surface area contributed by atoms with Crippen LogP contribution in [0.2, 0.25) is 5.02 Å². The van der Waals surface area contributed by atoms with E-state index in [4.69, 9.17) is 11.6 Å². The number of hydrogen-bond acceptors (Lipinski definition) is 3. The monoisotopic (exact) mass is 416 g/mol. The molecule has 1 saturated heterocycles. The van der Waals surface area contributed by atoms with Crippen molar-refractivity contribution in [2.75, 3.05) is 5.75 Å². The van der Waals surface area contributed by atoms with E-state index in [1.54, 1.807) is 16.7 Å². The third-order valence-corrected chi connectivity index (χ3v) is 6.10. The Morgan fingerprint density at radius 3 is 2.50 bits per heavy atom. The second kappa shape index (κ2) is 8.18. The summed E-state index contributed by atoms with van der Waals surface area (Å²) in [6.45, 7) is 7.73. The lowest BCUT2D eigenvalue weighted by atomic mass is 10.0. The van der Waals surface area contributed by atoms with E-state index in [-0.39, 0.29) is 22.7 Å². The molecule has 0 unspecified atom stereocenters. The number of benzene rings is 2. The smallest absolute Gasteiger partial charge is 0.256 e. The molecule has 2 atom stereocenters. The first kappa shape index (κ1) is 20.7. The van der Waals surface area contributed by atoms with Crippen molar-refractivity contribution in [2.24, 2.45) is 0 Å². The van der Waals surface area contributed by atoms with Crippen molar-refractivity contribution in [1.82, 2.24) is 10.2 Å². The molecule has 0 radical (unpaired) electrons. The fraction of sp³-hybridized carbons (Fsp3) is 0.364. The van der Waals surface area contributed by atoms with Crippen LogP contribution in [0, 0.1) is 6.92 Å². The largest absolute Gasteiger partial charge is 0.350 e. The highest BCUT2D eigenvalue weighted by atomic mass is 35.5. The molecule has 0 bridgehead atoms. The second-order valence-corrected chi connectivity index (χ2v) is 9.57. The van der Waals surface area contributed by atoms with E-state index in [2.05, 4.69) is 5.32 Å². The zero-order chi connectivity index (χ0) is 20.5. The van der Waals surface area contributed by atoms with E-state index < -0.39 is 6.04 Å².